The molecule has 0 saturated heterocycles. The summed E-state index contributed by atoms with van der Waals surface area (Å²) in [5, 5.41) is 54.6. The quantitative estimate of drug-likeness (QED) is 0.192. The molecule has 0 aromatic rings. The second-order valence-electron chi connectivity index (χ2n) is 3.25. The Morgan fingerprint density at radius 1 is 0.769 bits per heavy atom. The highest BCUT2D eigenvalue weighted by atomic mass is 16.4. The molecule has 13 heavy (non-hydrogen) atoms. The lowest BCUT2D eigenvalue weighted by molar-refractivity contribution is -0.265. The lowest BCUT2D eigenvalue weighted by Crippen LogP contribution is -2.74. The van der Waals surface area contributed by atoms with Crippen molar-refractivity contribution < 1.29 is 30.6 Å². The second-order valence-corrected chi connectivity index (χ2v) is 3.25. The monoisotopic (exact) mass is 195 g/mol. The maximum Gasteiger partial charge on any atom is 0.171 e. The van der Waals surface area contributed by atoms with Gasteiger partial charge in [0.05, 0.1) is 0 Å². The summed E-state index contributed by atoms with van der Waals surface area (Å²) in [5.41, 5.74) is 2.50. The summed E-state index contributed by atoms with van der Waals surface area (Å²) in [6, 6.07) is 0. The zero-order chi connectivity index (χ0) is 10.4. The molecule has 1 rings (SSSR count). The summed E-state index contributed by atoms with van der Waals surface area (Å²) in [4.78, 5) is 0. The highest BCUT2D eigenvalue weighted by molar-refractivity contribution is 5.05. The molecule has 78 valence electrons. The van der Waals surface area contributed by atoms with E-state index in [1.807, 2.05) is 0 Å². The van der Waals surface area contributed by atoms with Gasteiger partial charge in [-0.1, -0.05) is 0 Å². The third-order valence-corrected chi connectivity index (χ3v) is 2.29. The van der Waals surface area contributed by atoms with Crippen LogP contribution in [0, 0.1) is 0 Å². The van der Waals surface area contributed by atoms with Crippen LogP contribution >= 0.6 is 0 Å². The molecule has 1 aliphatic rings. The number of nitrogens with two attached hydrogens (primary N) is 1. The first-order valence-electron chi connectivity index (χ1n) is 3.71. The van der Waals surface area contributed by atoms with Crippen molar-refractivity contribution in [2.75, 3.05) is 0 Å². The smallest absolute Gasteiger partial charge is 0.171 e. The van der Waals surface area contributed by atoms with Gasteiger partial charge in [-0.05, 0) is 0 Å². The number of aliphatic hydroxyl groups excluding tert-OH is 5. The van der Waals surface area contributed by atoms with Crippen LogP contribution in [0.5, 0.6) is 0 Å². The third kappa shape index (κ3) is 1.44. The minimum absolute atomic E-state index is 1.74. The van der Waals surface area contributed by atoms with Crippen LogP contribution in [0.25, 0.3) is 0 Å². The molecule has 0 spiro atoms. The molecular weight excluding hydrogens is 182 g/mol. The molecule has 8 N–H and O–H groups in total. The van der Waals surface area contributed by atoms with Crippen LogP contribution in [0.3, 0.4) is 0 Å². The summed E-state index contributed by atoms with van der Waals surface area (Å²) in [6.45, 7) is 0. The van der Waals surface area contributed by atoms with Crippen molar-refractivity contribution in [1.29, 1.82) is 0 Å². The van der Waals surface area contributed by atoms with Crippen molar-refractivity contribution in [1.82, 2.24) is 0 Å². The van der Waals surface area contributed by atoms with Gasteiger partial charge in [-0.3, -0.25) is 5.73 Å². The predicted molar refractivity (Wildman–Crippen MR) is 39.2 cm³/mol. The van der Waals surface area contributed by atoms with Gasteiger partial charge in [-0.15, -0.1) is 0 Å². The number of rotatable bonds is 0. The van der Waals surface area contributed by atoms with Crippen LogP contribution in [0.1, 0.15) is 0 Å². The van der Waals surface area contributed by atoms with Crippen molar-refractivity contribution in [3.63, 3.8) is 0 Å². The summed E-state index contributed by atoms with van der Waals surface area (Å²) >= 11 is 0. The molecular formula is C6H13NO6. The first-order valence-corrected chi connectivity index (χ1v) is 3.71. The van der Waals surface area contributed by atoms with E-state index in [0.29, 0.717) is 0 Å². The Morgan fingerprint density at radius 2 is 1.08 bits per heavy atom. The van der Waals surface area contributed by atoms with E-state index >= 15 is 0 Å². The Morgan fingerprint density at radius 3 is 1.38 bits per heavy atom. The van der Waals surface area contributed by atoms with Gasteiger partial charge in [0, 0.05) is 0 Å². The normalized spacial score (nSPS) is 57.9. The molecule has 1 saturated carbocycles. The van der Waals surface area contributed by atoms with Crippen molar-refractivity contribution in [2.45, 2.75) is 36.2 Å². The molecule has 1 aliphatic carbocycles. The lowest BCUT2D eigenvalue weighted by atomic mass is 9.81. The molecule has 0 heterocycles. The van der Waals surface area contributed by atoms with Crippen molar-refractivity contribution >= 4 is 0 Å². The van der Waals surface area contributed by atoms with Gasteiger partial charge in [0.1, 0.15) is 30.5 Å². The van der Waals surface area contributed by atoms with Crippen molar-refractivity contribution in [3.8, 4) is 0 Å². The van der Waals surface area contributed by atoms with E-state index in [1.165, 1.54) is 0 Å². The molecule has 6 atom stereocenters. The number of aliphatic hydroxyl groups is 6. The fourth-order valence-electron chi connectivity index (χ4n) is 1.30. The molecule has 0 aliphatic heterocycles. The van der Waals surface area contributed by atoms with Gasteiger partial charge in [-0.25, -0.2) is 0 Å². The molecule has 7 heteroatoms. The maximum absolute atomic E-state index is 9.22. The van der Waals surface area contributed by atoms with Gasteiger partial charge in [0.15, 0.2) is 5.72 Å². The highest BCUT2D eigenvalue weighted by Crippen LogP contribution is 2.26. The molecule has 0 aromatic heterocycles. The van der Waals surface area contributed by atoms with E-state index in [-0.39, 0.29) is 0 Å². The fourth-order valence-corrected chi connectivity index (χ4v) is 1.30. The Balaban J connectivity index is 2.93. The zero-order valence-electron chi connectivity index (χ0n) is 6.65. The Bertz CT molecular complexity index is 180. The minimum atomic E-state index is -2.53. The first-order chi connectivity index (χ1) is 5.80. The molecule has 1 fully saturated rings. The van der Waals surface area contributed by atoms with Crippen molar-refractivity contribution in [2.24, 2.45) is 5.73 Å². The van der Waals surface area contributed by atoms with Crippen LogP contribution in [0.15, 0.2) is 0 Å². The van der Waals surface area contributed by atoms with Crippen LogP contribution in [0.2, 0.25) is 0 Å². The zero-order valence-corrected chi connectivity index (χ0v) is 6.65. The molecule has 0 aromatic carbocycles. The Labute approximate surface area is 73.7 Å². The molecule has 0 bridgehead atoms. The topological polar surface area (TPSA) is 147 Å². The largest absolute Gasteiger partial charge is 0.387 e. The third-order valence-electron chi connectivity index (χ3n) is 2.29. The first kappa shape index (κ1) is 10.8. The number of hydrogen-bond acceptors (Lipinski definition) is 7. The van der Waals surface area contributed by atoms with E-state index in [1.54, 1.807) is 0 Å². The SMILES string of the molecule is NC1(O)[C@H](O)[C@@H](O)C(O)[C@H](O)[C@@H]1O. The molecule has 7 nitrogen and oxygen atoms in total. The van der Waals surface area contributed by atoms with E-state index < -0.39 is 36.2 Å². The standard InChI is InChI=1S/C6H13NO6/c7-6(13)4(11)2(9)1(8)3(10)5(6)12/h1-5,8-13H,7H2/t1?,2-,3-,4-,5+,6?/m0/s1. The molecule has 0 radical (unpaired) electrons. The maximum atomic E-state index is 9.22. The summed E-state index contributed by atoms with van der Waals surface area (Å²) in [6.07, 6.45) is -9.17. The van der Waals surface area contributed by atoms with Gasteiger partial charge >= 0.3 is 0 Å². The Hall–Kier alpha value is -0.280. The summed E-state index contributed by atoms with van der Waals surface area (Å²) in [7, 11) is 0. The summed E-state index contributed by atoms with van der Waals surface area (Å²) < 4.78 is 0. The Kier molecular flexibility index (Phi) is 2.61. The van der Waals surface area contributed by atoms with Gasteiger partial charge < -0.3 is 30.6 Å². The van der Waals surface area contributed by atoms with E-state index in [0.717, 1.165) is 0 Å². The van der Waals surface area contributed by atoms with Crippen LogP contribution in [-0.2, 0) is 0 Å². The average molecular weight is 195 g/mol. The van der Waals surface area contributed by atoms with Crippen LogP contribution in [-0.4, -0.2) is 66.9 Å². The van der Waals surface area contributed by atoms with E-state index in [4.69, 9.17) is 31.3 Å². The molecule has 2 unspecified atom stereocenters. The fraction of sp³-hybridized carbons (Fsp3) is 1.00. The second kappa shape index (κ2) is 3.14. The van der Waals surface area contributed by atoms with Gasteiger partial charge in [-0.2, -0.15) is 0 Å². The van der Waals surface area contributed by atoms with Crippen molar-refractivity contribution in [3.05, 3.63) is 0 Å². The van der Waals surface area contributed by atoms with E-state index in [2.05, 4.69) is 0 Å². The van der Waals surface area contributed by atoms with Crippen LogP contribution in [0.4, 0.5) is 0 Å². The predicted octanol–water partition coefficient (Wildman–Crippen LogP) is -4.55. The molecule has 0 amide bonds. The average Bonchev–Trinajstić information content (AvgIpc) is 2.09. The lowest BCUT2D eigenvalue weighted by Gasteiger charge is -2.45. The highest BCUT2D eigenvalue weighted by Gasteiger charge is 2.55. The summed E-state index contributed by atoms with van der Waals surface area (Å²) in [5.74, 6) is 0. The van der Waals surface area contributed by atoms with Gasteiger partial charge in [0.25, 0.3) is 0 Å². The minimum Gasteiger partial charge on any atom is -0.387 e. The number of hydrogen-bond donors (Lipinski definition) is 7. The van der Waals surface area contributed by atoms with E-state index in [9.17, 15) is 5.11 Å². The van der Waals surface area contributed by atoms with Crippen LogP contribution < -0.4 is 5.73 Å². The van der Waals surface area contributed by atoms with Gasteiger partial charge in [0.2, 0.25) is 0 Å².